The van der Waals surface area contributed by atoms with Gasteiger partial charge in [-0.1, -0.05) is 0 Å². The SMILES string of the molecule is C[NH+]1CCOCC1.[Br-].[Cl-]. The van der Waals surface area contributed by atoms with Crippen LogP contribution in [0.25, 0.3) is 0 Å². The van der Waals surface area contributed by atoms with Gasteiger partial charge in [-0.3, -0.25) is 0 Å². The number of hydrogen-bond acceptors (Lipinski definition) is 1. The second kappa shape index (κ2) is 6.81. The fourth-order valence-electron chi connectivity index (χ4n) is 0.720. The summed E-state index contributed by atoms with van der Waals surface area (Å²) in [6.07, 6.45) is 0. The molecule has 1 heterocycles. The summed E-state index contributed by atoms with van der Waals surface area (Å²) in [5.74, 6) is 0. The molecule has 1 rings (SSSR count). The molecule has 1 aliphatic rings. The van der Waals surface area contributed by atoms with E-state index < -0.39 is 0 Å². The lowest BCUT2D eigenvalue weighted by molar-refractivity contribution is -0.888. The Labute approximate surface area is 72.7 Å². The monoisotopic (exact) mass is 216 g/mol. The van der Waals surface area contributed by atoms with E-state index in [9.17, 15) is 0 Å². The summed E-state index contributed by atoms with van der Waals surface area (Å²) in [5.41, 5.74) is 0. The van der Waals surface area contributed by atoms with Crippen molar-refractivity contribution in [2.75, 3.05) is 33.4 Å². The minimum absolute atomic E-state index is 0. The molecule has 0 radical (unpaired) electrons. The Morgan fingerprint density at radius 2 is 1.67 bits per heavy atom. The molecule has 2 nitrogen and oxygen atoms in total. The van der Waals surface area contributed by atoms with Gasteiger partial charge < -0.3 is 39.0 Å². The van der Waals surface area contributed by atoms with Crippen LogP contribution in [0.3, 0.4) is 0 Å². The first-order chi connectivity index (χ1) is 3.39. The molecule has 0 aromatic heterocycles. The molecule has 0 aliphatic carbocycles. The zero-order valence-electron chi connectivity index (χ0n) is 5.49. The standard InChI is InChI=1S/C5H11NO.BrH.ClH/c1-6-2-4-7-5-3-6;;/h2-5H2,1H3;2*1H/p-1. The summed E-state index contributed by atoms with van der Waals surface area (Å²) in [5, 5.41) is 0. The van der Waals surface area contributed by atoms with Crippen LogP contribution in [0.4, 0.5) is 0 Å². The fourth-order valence-corrected chi connectivity index (χ4v) is 0.720. The van der Waals surface area contributed by atoms with E-state index in [0.717, 1.165) is 13.2 Å². The van der Waals surface area contributed by atoms with Crippen molar-refractivity contribution >= 4 is 0 Å². The molecule has 0 spiro atoms. The van der Waals surface area contributed by atoms with Gasteiger partial charge in [-0.05, 0) is 0 Å². The van der Waals surface area contributed by atoms with Gasteiger partial charge in [0.25, 0.3) is 0 Å². The van der Waals surface area contributed by atoms with Crippen molar-refractivity contribution in [3.8, 4) is 0 Å². The fraction of sp³-hybridized carbons (Fsp3) is 1.00. The minimum atomic E-state index is 0. The molecule has 58 valence electrons. The van der Waals surface area contributed by atoms with Crippen molar-refractivity contribution in [2.45, 2.75) is 0 Å². The molecule has 1 N–H and O–H groups in total. The predicted molar refractivity (Wildman–Crippen MR) is 27.4 cm³/mol. The maximum absolute atomic E-state index is 5.12. The van der Waals surface area contributed by atoms with Crippen LogP contribution >= 0.6 is 0 Å². The molecule has 0 atom stereocenters. The summed E-state index contributed by atoms with van der Waals surface area (Å²) in [7, 11) is 2.20. The minimum Gasteiger partial charge on any atom is -1.00 e. The third kappa shape index (κ3) is 5.15. The molecule has 0 aromatic rings. The number of hydrogen-bond donors (Lipinski definition) is 1. The smallest absolute Gasteiger partial charge is 0.101 e. The van der Waals surface area contributed by atoms with Gasteiger partial charge in [0.1, 0.15) is 13.1 Å². The first-order valence-electron chi connectivity index (χ1n) is 2.78. The number of rotatable bonds is 0. The summed E-state index contributed by atoms with van der Waals surface area (Å²) >= 11 is 0. The van der Waals surface area contributed by atoms with Crippen molar-refractivity contribution < 1.29 is 39.0 Å². The van der Waals surface area contributed by atoms with Crippen LogP contribution in [0.1, 0.15) is 0 Å². The molecule has 1 saturated heterocycles. The molecule has 1 aliphatic heterocycles. The quantitative estimate of drug-likeness (QED) is 0.426. The lowest BCUT2D eigenvalue weighted by Gasteiger charge is -2.18. The molecule has 0 unspecified atom stereocenters. The van der Waals surface area contributed by atoms with E-state index in [1.165, 1.54) is 13.1 Å². The van der Waals surface area contributed by atoms with E-state index in [1.54, 1.807) is 4.90 Å². The predicted octanol–water partition coefficient (Wildman–Crippen LogP) is -7.46. The van der Waals surface area contributed by atoms with Crippen LogP contribution in [0.15, 0.2) is 0 Å². The highest BCUT2D eigenvalue weighted by Gasteiger charge is 2.05. The molecule has 4 heteroatoms. The van der Waals surface area contributed by atoms with Crippen LogP contribution in [-0.2, 0) is 4.74 Å². The molecular formula is C5H12BrClNO-. The Balaban J connectivity index is 0. The first-order valence-corrected chi connectivity index (χ1v) is 2.78. The van der Waals surface area contributed by atoms with Crippen LogP contribution in [0.2, 0.25) is 0 Å². The Morgan fingerprint density at radius 1 is 1.22 bits per heavy atom. The van der Waals surface area contributed by atoms with E-state index in [4.69, 9.17) is 4.74 Å². The van der Waals surface area contributed by atoms with Gasteiger partial charge in [-0.25, -0.2) is 0 Å². The lowest BCUT2D eigenvalue weighted by atomic mass is 10.5. The van der Waals surface area contributed by atoms with Crippen molar-refractivity contribution in [1.29, 1.82) is 0 Å². The van der Waals surface area contributed by atoms with Crippen LogP contribution < -0.4 is 34.3 Å². The van der Waals surface area contributed by atoms with E-state index in [2.05, 4.69) is 7.05 Å². The van der Waals surface area contributed by atoms with Crippen LogP contribution in [-0.4, -0.2) is 33.4 Å². The van der Waals surface area contributed by atoms with Gasteiger partial charge in [0.2, 0.25) is 0 Å². The van der Waals surface area contributed by atoms with Gasteiger partial charge in [0, 0.05) is 0 Å². The number of morpholine rings is 1. The Bertz CT molecular complexity index is 58.9. The van der Waals surface area contributed by atoms with E-state index in [1.807, 2.05) is 0 Å². The molecule has 0 aromatic carbocycles. The second-order valence-corrected chi connectivity index (χ2v) is 2.07. The molecule has 0 amide bonds. The van der Waals surface area contributed by atoms with Gasteiger partial charge >= 0.3 is 0 Å². The lowest BCUT2D eigenvalue weighted by Crippen LogP contribution is -3.11. The molecule has 0 saturated carbocycles. The zero-order valence-corrected chi connectivity index (χ0v) is 7.83. The molecule has 1 fully saturated rings. The van der Waals surface area contributed by atoms with Crippen molar-refractivity contribution in [3.63, 3.8) is 0 Å². The zero-order chi connectivity index (χ0) is 5.11. The van der Waals surface area contributed by atoms with E-state index >= 15 is 0 Å². The summed E-state index contributed by atoms with van der Waals surface area (Å²) < 4.78 is 5.12. The number of halogens is 2. The van der Waals surface area contributed by atoms with Gasteiger partial charge in [0.05, 0.1) is 20.3 Å². The Kier molecular flexibility index (Phi) is 9.36. The van der Waals surface area contributed by atoms with E-state index in [0.29, 0.717) is 0 Å². The van der Waals surface area contributed by atoms with Gasteiger partial charge in [0.15, 0.2) is 0 Å². The normalized spacial score (nSPS) is 19.7. The van der Waals surface area contributed by atoms with Crippen molar-refractivity contribution in [1.82, 2.24) is 0 Å². The summed E-state index contributed by atoms with van der Waals surface area (Å²) in [6.45, 7) is 4.26. The second-order valence-electron chi connectivity index (χ2n) is 2.07. The number of likely N-dealkylation sites (N-methyl/N-ethyl adjacent to an activating group) is 1. The Hall–Kier alpha value is 0.690. The van der Waals surface area contributed by atoms with Crippen molar-refractivity contribution in [2.24, 2.45) is 0 Å². The highest BCUT2D eigenvalue weighted by molar-refractivity contribution is 4.34. The van der Waals surface area contributed by atoms with Crippen molar-refractivity contribution in [3.05, 3.63) is 0 Å². The topological polar surface area (TPSA) is 13.7 Å². The largest absolute Gasteiger partial charge is 1.00 e. The summed E-state index contributed by atoms with van der Waals surface area (Å²) in [4.78, 5) is 1.59. The van der Waals surface area contributed by atoms with Gasteiger partial charge in [-0.2, -0.15) is 0 Å². The third-order valence-corrected chi connectivity index (χ3v) is 1.35. The first kappa shape index (κ1) is 12.4. The third-order valence-electron chi connectivity index (χ3n) is 1.35. The average Bonchev–Trinajstić information content (AvgIpc) is 1.69. The highest BCUT2D eigenvalue weighted by atomic mass is 79.9. The maximum Gasteiger partial charge on any atom is 0.101 e. The Morgan fingerprint density at radius 3 is 1.89 bits per heavy atom. The van der Waals surface area contributed by atoms with Crippen LogP contribution in [0, 0.1) is 0 Å². The molecule has 9 heavy (non-hydrogen) atoms. The highest BCUT2D eigenvalue weighted by Crippen LogP contribution is 1.71. The number of nitrogens with one attached hydrogen (secondary N) is 1. The number of quaternary nitrogens is 1. The number of ether oxygens (including phenoxy) is 1. The van der Waals surface area contributed by atoms with Gasteiger partial charge in [-0.15, -0.1) is 0 Å². The summed E-state index contributed by atoms with van der Waals surface area (Å²) in [6, 6.07) is 0. The van der Waals surface area contributed by atoms with Crippen LogP contribution in [0.5, 0.6) is 0 Å². The molecular weight excluding hydrogens is 205 g/mol. The average molecular weight is 218 g/mol. The maximum atomic E-state index is 5.12. The molecule has 0 bridgehead atoms. The van der Waals surface area contributed by atoms with E-state index in [-0.39, 0.29) is 29.4 Å².